The van der Waals surface area contributed by atoms with E-state index in [1.165, 1.54) is 6.07 Å². The summed E-state index contributed by atoms with van der Waals surface area (Å²) in [4.78, 5) is 14.0. The van der Waals surface area contributed by atoms with Crippen molar-refractivity contribution in [2.75, 3.05) is 0 Å². The Hall–Kier alpha value is -1.38. The SMILES string of the molecule is O=C1CCC[C@H]2CC[C@@H](c3cccc(F)c3)N12. The van der Waals surface area contributed by atoms with Crippen LogP contribution in [0, 0.1) is 5.82 Å². The second-order valence-corrected chi connectivity index (χ2v) is 5.00. The largest absolute Gasteiger partial charge is 0.333 e. The van der Waals surface area contributed by atoms with Gasteiger partial charge in [0.25, 0.3) is 0 Å². The molecule has 1 aromatic rings. The van der Waals surface area contributed by atoms with E-state index in [9.17, 15) is 9.18 Å². The Morgan fingerprint density at radius 2 is 2.12 bits per heavy atom. The highest BCUT2D eigenvalue weighted by Gasteiger charge is 2.39. The molecule has 0 N–H and O–H groups in total. The minimum atomic E-state index is -0.213. The number of benzene rings is 1. The van der Waals surface area contributed by atoms with E-state index in [0.717, 1.165) is 31.2 Å². The number of carbonyl (C=O) groups excluding carboxylic acids is 1. The average Bonchev–Trinajstić information content (AvgIpc) is 2.74. The molecular weight excluding hydrogens is 217 g/mol. The van der Waals surface area contributed by atoms with Gasteiger partial charge < -0.3 is 4.90 Å². The van der Waals surface area contributed by atoms with Crippen LogP contribution in [0.15, 0.2) is 24.3 Å². The van der Waals surface area contributed by atoms with Crippen LogP contribution in [0.3, 0.4) is 0 Å². The van der Waals surface area contributed by atoms with Gasteiger partial charge in [-0.1, -0.05) is 12.1 Å². The van der Waals surface area contributed by atoms with E-state index in [-0.39, 0.29) is 17.8 Å². The summed E-state index contributed by atoms with van der Waals surface area (Å²) in [7, 11) is 0. The Morgan fingerprint density at radius 1 is 1.24 bits per heavy atom. The van der Waals surface area contributed by atoms with Crippen molar-refractivity contribution in [1.82, 2.24) is 4.90 Å². The summed E-state index contributed by atoms with van der Waals surface area (Å²) < 4.78 is 13.2. The van der Waals surface area contributed by atoms with Crippen molar-refractivity contribution >= 4 is 5.91 Å². The molecule has 1 amide bonds. The molecule has 0 aliphatic carbocycles. The number of hydrogen-bond acceptors (Lipinski definition) is 1. The standard InChI is InChI=1S/C14H16FNO/c15-11-4-1-3-10(9-11)13-8-7-12-5-2-6-14(17)16(12)13/h1,3-4,9,12-13H,2,5-8H2/t12-,13-/m0/s1. The third-order valence-corrected chi connectivity index (χ3v) is 3.95. The van der Waals surface area contributed by atoms with Crippen LogP contribution < -0.4 is 0 Å². The van der Waals surface area contributed by atoms with Crippen molar-refractivity contribution in [2.24, 2.45) is 0 Å². The molecule has 0 radical (unpaired) electrons. The van der Waals surface area contributed by atoms with Crippen molar-refractivity contribution in [3.05, 3.63) is 35.6 Å². The molecule has 2 fully saturated rings. The Morgan fingerprint density at radius 3 is 2.94 bits per heavy atom. The monoisotopic (exact) mass is 233 g/mol. The molecule has 2 saturated heterocycles. The van der Waals surface area contributed by atoms with Crippen LogP contribution in [0.25, 0.3) is 0 Å². The van der Waals surface area contributed by atoms with Crippen LogP contribution in [0.4, 0.5) is 4.39 Å². The maximum atomic E-state index is 13.2. The van der Waals surface area contributed by atoms with Gasteiger partial charge in [0.1, 0.15) is 5.82 Å². The first-order chi connectivity index (χ1) is 8.25. The minimum Gasteiger partial charge on any atom is -0.333 e. The maximum Gasteiger partial charge on any atom is 0.223 e. The van der Waals surface area contributed by atoms with Crippen molar-refractivity contribution in [3.8, 4) is 0 Å². The molecule has 2 aliphatic heterocycles. The molecule has 0 unspecified atom stereocenters. The smallest absolute Gasteiger partial charge is 0.223 e. The van der Waals surface area contributed by atoms with Gasteiger partial charge in [-0.25, -0.2) is 4.39 Å². The molecule has 0 saturated carbocycles. The van der Waals surface area contributed by atoms with Crippen LogP contribution in [0.2, 0.25) is 0 Å². The van der Waals surface area contributed by atoms with E-state index in [4.69, 9.17) is 0 Å². The second kappa shape index (κ2) is 4.13. The Kier molecular flexibility index (Phi) is 2.61. The fourth-order valence-electron chi connectivity index (χ4n) is 3.20. The molecule has 2 heterocycles. The summed E-state index contributed by atoms with van der Waals surface area (Å²) in [6.45, 7) is 0. The van der Waals surface area contributed by atoms with E-state index in [1.807, 2.05) is 11.0 Å². The Balaban J connectivity index is 1.91. The highest BCUT2D eigenvalue weighted by Crippen LogP contribution is 2.40. The summed E-state index contributed by atoms with van der Waals surface area (Å²) in [5.41, 5.74) is 0.947. The number of carbonyl (C=O) groups is 1. The summed E-state index contributed by atoms with van der Waals surface area (Å²) in [6.07, 6.45) is 4.81. The van der Waals surface area contributed by atoms with Gasteiger partial charge in [-0.2, -0.15) is 0 Å². The topological polar surface area (TPSA) is 20.3 Å². The number of fused-ring (bicyclic) bond motifs is 1. The summed E-state index contributed by atoms with van der Waals surface area (Å²) in [5, 5.41) is 0. The molecule has 0 bridgehead atoms. The zero-order chi connectivity index (χ0) is 11.8. The number of amides is 1. The zero-order valence-corrected chi connectivity index (χ0v) is 9.73. The highest BCUT2D eigenvalue weighted by molar-refractivity contribution is 5.78. The molecule has 0 aromatic heterocycles. The Labute approximate surface area is 100 Å². The van der Waals surface area contributed by atoms with Crippen molar-refractivity contribution in [3.63, 3.8) is 0 Å². The first kappa shape index (κ1) is 10.8. The fourth-order valence-corrected chi connectivity index (χ4v) is 3.20. The van der Waals surface area contributed by atoms with Crippen LogP contribution in [0.1, 0.15) is 43.7 Å². The number of hydrogen-bond donors (Lipinski definition) is 0. The van der Waals surface area contributed by atoms with E-state index in [1.54, 1.807) is 12.1 Å². The lowest BCUT2D eigenvalue weighted by molar-refractivity contribution is -0.136. The van der Waals surface area contributed by atoms with Crippen LogP contribution in [-0.4, -0.2) is 16.8 Å². The van der Waals surface area contributed by atoms with Crippen molar-refractivity contribution in [2.45, 2.75) is 44.2 Å². The molecular formula is C14H16FNO. The second-order valence-electron chi connectivity index (χ2n) is 5.00. The van der Waals surface area contributed by atoms with Crippen LogP contribution in [0.5, 0.6) is 0 Å². The predicted octanol–water partition coefficient (Wildman–Crippen LogP) is 3.04. The molecule has 90 valence electrons. The first-order valence-electron chi connectivity index (χ1n) is 6.32. The van der Waals surface area contributed by atoms with Gasteiger partial charge in [-0.15, -0.1) is 0 Å². The van der Waals surface area contributed by atoms with Gasteiger partial charge in [-0.3, -0.25) is 4.79 Å². The van der Waals surface area contributed by atoms with E-state index >= 15 is 0 Å². The lowest BCUT2D eigenvalue weighted by Crippen LogP contribution is -2.40. The van der Waals surface area contributed by atoms with Gasteiger partial charge in [-0.05, 0) is 43.4 Å². The molecule has 2 nitrogen and oxygen atoms in total. The maximum absolute atomic E-state index is 13.2. The minimum absolute atomic E-state index is 0.100. The predicted molar refractivity (Wildman–Crippen MR) is 62.9 cm³/mol. The molecule has 0 spiro atoms. The van der Waals surface area contributed by atoms with Crippen LogP contribution >= 0.6 is 0 Å². The Bertz CT molecular complexity index is 446. The molecule has 17 heavy (non-hydrogen) atoms. The third kappa shape index (κ3) is 1.84. The van der Waals surface area contributed by atoms with E-state index in [0.29, 0.717) is 12.5 Å². The van der Waals surface area contributed by atoms with Gasteiger partial charge >= 0.3 is 0 Å². The number of halogens is 1. The third-order valence-electron chi connectivity index (χ3n) is 3.95. The number of piperidine rings is 1. The molecule has 1 aromatic carbocycles. The average molecular weight is 233 g/mol. The van der Waals surface area contributed by atoms with E-state index in [2.05, 4.69) is 0 Å². The van der Waals surface area contributed by atoms with E-state index < -0.39 is 0 Å². The quantitative estimate of drug-likeness (QED) is 0.730. The molecule has 3 rings (SSSR count). The fraction of sp³-hybridized carbons (Fsp3) is 0.500. The molecule has 2 aliphatic rings. The van der Waals surface area contributed by atoms with Gasteiger partial charge in [0, 0.05) is 12.5 Å². The summed E-state index contributed by atoms with van der Waals surface area (Å²) in [5.74, 6) is 0.0309. The normalized spacial score (nSPS) is 28.3. The van der Waals surface area contributed by atoms with Gasteiger partial charge in [0.2, 0.25) is 5.91 Å². The van der Waals surface area contributed by atoms with Crippen LogP contribution in [-0.2, 0) is 4.79 Å². The number of nitrogens with zero attached hydrogens (tertiary/aromatic N) is 1. The summed E-state index contributed by atoms with van der Waals surface area (Å²) in [6, 6.07) is 7.17. The summed E-state index contributed by atoms with van der Waals surface area (Å²) >= 11 is 0. The van der Waals surface area contributed by atoms with Crippen molar-refractivity contribution < 1.29 is 9.18 Å². The molecule has 2 atom stereocenters. The van der Waals surface area contributed by atoms with Gasteiger partial charge in [0.15, 0.2) is 0 Å². The zero-order valence-electron chi connectivity index (χ0n) is 9.73. The van der Waals surface area contributed by atoms with Gasteiger partial charge in [0.05, 0.1) is 6.04 Å². The first-order valence-corrected chi connectivity index (χ1v) is 6.32. The highest BCUT2D eigenvalue weighted by atomic mass is 19.1. The lowest BCUT2D eigenvalue weighted by Gasteiger charge is -2.34. The number of rotatable bonds is 1. The lowest BCUT2D eigenvalue weighted by atomic mass is 10.0. The van der Waals surface area contributed by atoms with Crippen molar-refractivity contribution in [1.29, 1.82) is 0 Å². The molecule has 3 heteroatoms.